The second-order valence-corrected chi connectivity index (χ2v) is 23.5. The van der Waals surface area contributed by atoms with E-state index in [1.54, 1.807) is 0 Å². The van der Waals surface area contributed by atoms with Gasteiger partial charge in [-0.2, -0.15) is 0 Å². The Hall–Kier alpha value is -1.21. The molecule has 0 heterocycles. The van der Waals surface area contributed by atoms with Crippen molar-refractivity contribution >= 4 is 5.91 Å². The summed E-state index contributed by atoms with van der Waals surface area (Å²) < 4.78 is 0. The monoisotopic (exact) mass is 1040 g/mol. The Balaban J connectivity index is 3.56. The molecule has 0 saturated carbocycles. The van der Waals surface area contributed by atoms with E-state index in [0.717, 1.165) is 38.5 Å². The minimum Gasteiger partial charge on any atom is -0.394 e. The summed E-state index contributed by atoms with van der Waals surface area (Å²) in [5.74, 6) is -0.586. The van der Waals surface area contributed by atoms with Gasteiger partial charge in [0.05, 0.1) is 18.8 Å². The topological polar surface area (TPSA) is 110 Å². The molecule has 0 fully saturated rings. The number of unbranched alkanes of at least 4 members (excludes halogenated alkanes) is 50. The number of allylic oxidation sites excluding steroid dienone is 4. The minimum absolute atomic E-state index is 0.367. The fourth-order valence-corrected chi connectivity index (χ4v) is 10.9. The molecule has 5 N–H and O–H groups in total. The van der Waals surface area contributed by atoms with Crippen molar-refractivity contribution in [2.24, 2.45) is 0 Å². The molecule has 0 spiro atoms. The quantitative estimate of drug-likeness (QED) is 0.0308. The van der Waals surface area contributed by atoms with Gasteiger partial charge in [-0.1, -0.05) is 334 Å². The molecular weight excluding hydrogens is 911 g/mol. The zero-order valence-corrected chi connectivity index (χ0v) is 50.1. The Kier molecular flexibility index (Phi) is 61.6. The number of aliphatic hydroxyl groups is 4. The van der Waals surface area contributed by atoms with Crippen LogP contribution in [0.4, 0.5) is 0 Å². The number of hydrogen-bond donors (Lipinski definition) is 5. The third-order valence-corrected chi connectivity index (χ3v) is 16.1. The zero-order chi connectivity index (χ0) is 53.7. The maximum atomic E-state index is 12.6. The van der Waals surface area contributed by atoms with E-state index in [1.165, 1.54) is 308 Å². The smallest absolute Gasteiger partial charge is 0.249 e. The van der Waals surface area contributed by atoms with Crippen LogP contribution in [0.2, 0.25) is 0 Å². The van der Waals surface area contributed by atoms with Crippen LogP contribution in [-0.2, 0) is 4.79 Å². The van der Waals surface area contributed by atoms with Crippen molar-refractivity contribution in [1.82, 2.24) is 5.32 Å². The van der Waals surface area contributed by atoms with Gasteiger partial charge < -0.3 is 25.7 Å². The lowest BCUT2D eigenvalue weighted by Crippen LogP contribution is -2.53. The molecule has 4 atom stereocenters. The maximum absolute atomic E-state index is 12.6. The molecule has 0 radical (unpaired) electrons. The molecule has 74 heavy (non-hydrogen) atoms. The lowest BCUT2D eigenvalue weighted by molar-refractivity contribution is -0.132. The van der Waals surface area contributed by atoms with Gasteiger partial charge in [0.25, 0.3) is 0 Å². The third kappa shape index (κ3) is 55.5. The summed E-state index contributed by atoms with van der Waals surface area (Å²) in [6.07, 6.45) is 78.7. The first kappa shape index (κ1) is 72.8. The lowest BCUT2D eigenvalue weighted by Gasteiger charge is -2.27. The van der Waals surface area contributed by atoms with Crippen molar-refractivity contribution < 1.29 is 25.2 Å². The predicted molar refractivity (Wildman–Crippen MR) is 325 cm³/mol. The molecule has 0 rings (SSSR count). The summed E-state index contributed by atoms with van der Waals surface area (Å²) in [6.45, 7) is 4.10. The Morgan fingerprint density at radius 2 is 0.554 bits per heavy atom. The highest BCUT2D eigenvalue weighted by Crippen LogP contribution is 2.19. The molecule has 440 valence electrons. The molecule has 0 aromatic carbocycles. The Bertz CT molecular complexity index is 1130. The van der Waals surface area contributed by atoms with Crippen molar-refractivity contribution in [3.8, 4) is 0 Å². The van der Waals surface area contributed by atoms with Crippen LogP contribution in [0.5, 0.6) is 0 Å². The van der Waals surface area contributed by atoms with Gasteiger partial charge in [0.1, 0.15) is 12.2 Å². The molecular formula is C68H133NO5. The molecule has 6 heteroatoms. The van der Waals surface area contributed by atoms with Crippen LogP contribution in [0, 0.1) is 0 Å². The Morgan fingerprint density at radius 1 is 0.324 bits per heavy atom. The van der Waals surface area contributed by atoms with Crippen LogP contribution in [-0.4, -0.2) is 57.3 Å². The standard InChI is InChI=1S/C68H133NO5/c1-3-5-7-9-11-13-15-17-19-21-23-25-27-29-30-31-32-33-34-35-36-37-38-40-42-44-46-48-50-52-54-56-58-60-62-66(72)68(74)69-64(63-70)67(73)65(71)61-59-57-55-53-51-49-47-45-43-41-39-28-26-24-22-20-18-16-14-12-10-8-6-4-2/h31-32,53,55,64-67,70-73H,3-30,33-52,54,56-63H2,1-2H3,(H,69,74)/b32-31-,55-53+. The van der Waals surface area contributed by atoms with E-state index in [-0.39, 0.29) is 0 Å². The number of amides is 1. The van der Waals surface area contributed by atoms with E-state index in [0.29, 0.717) is 12.8 Å². The van der Waals surface area contributed by atoms with Gasteiger partial charge in [0.15, 0.2) is 0 Å². The van der Waals surface area contributed by atoms with E-state index in [2.05, 4.69) is 43.5 Å². The average molecular weight is 1040 g/mol. The van der Waals surface area contributed by atoms with Gasteiger partial charge in [0.2, 0.25) is 5.91 Å². The highest BCUT2D eigenvalue weighted by molar-refractivity contribution is 5.80. The van der Waals surface area contributed by atoms with Crippen LogP contribution < -0.4 is 5.32 Å². The number of aliphatic hydroxyl groups excluding tert-OH is 4. The fraction of sp³-hybridized carbons (Fsp3) is 0.926. The largest absolute Gasteiger partial charge is 0.394 e. The van der Waals surface area contributed by atoms with Crippen LogP contribution in [0.3, 0.4) is 0 Å². The van der Waals surface area contributed by atoms with Crippen molar-refractivity contribution in [3.63, 3.8) is 0 Å². The molecule has 6 nitrogen and oxygen atoms in total. The summed E-state index contributed by atoms with van der Waals surface area (Å²) in [5.41, 5.74) is 0. The number of rotatable bonds is 63. The fourth-order valence-electron chi connectivity index (χ4n) is 10.9. The van der Waals surface area contributed by atoms with E-state index in [1.807, 2.05) is 0 Å². The van der Waals surface area contributed by atoms with Crippen molar-refractivity contribution in [1.29, 1.82) is 0 Å². The van der Waals surface area contributed by atoms with Gasteiger partial charge in [-0.25, -0.2) is 0 Å². The van der Waals surface area contributed by atoms with Crippen LogP contribution in [0.1, 0.15) is 373 Å². The van der Waals surface area contributed by atoms with Crippen molar-refractivity contribution in [3.05, 3.63) is 24.3 Å². The first-order chi connectivity index (χ1) is 36.5. The number of carbonyl (C=O) groups excluding carboxylic acids is 1. The number of nitrogens with one attached hydrogen (secondary N) is 1. The van der Waals surface area contributed by atoms with Gasteiger partial charge in [-0.3, -0.25) is 4.79 Å². The van der Waals surface area contributed by atoms with Gasteiger partial charge >= 0.3 is 0 Å². The second-order valence-electron chi connectivity index (χ2n) is 23.5. The Labute approximate surface area is 463 Å². The normalized spacial score (nSPS) is 13.6. The molecule has 0 saturated heterocycles. The SMILES string of the molecule is CCCCCCCCCCCCCCCC/C=C\CCCCCCCCCCCCCCCCCCC(O)C(=O)NC(CO)C(O)C(O)CCC/C=C/CCCCCCCCCCCCCCCCCCCCC. The van der Waals surface area contributed by atoms with E-state index in [9.17, 15) is 25.2 Å². The van der Waals surface area contributed by atoms with Gasteiger partial charge in [-0.05, 0) is 64.2 Å². The highest BCUT2D eigenvalue weighted by atomic mass is 16.3. The minimum atomic E-state index is -1.28. The molecule has 4 unspecified atom stereocenters. The third-order valence-electron chi connectivity index (χ3n) is 16.1. The molecule has 0 aromatic heterocycles. The summed E-state index contributed by atoms with van der Waals surface area (Å²) in [4.78, 5) is 12.6. The Morgan fingerprint density at radius 3 is 0.811 bits per heavy atom. The molecule has 0 aliphatic carbocycles. The first-order valence-corrected chi connectivity index (χ1v) is 33.7. The van der Waals surface area contributed by atoms with Crippen LogP contribution >= 0.6 is 0 Å². The van der Waals surface area contributed by atoms with E-state index >= 15 is 0 Å². The first-order valence-electron chi connectivity index (χ1n) is 33.7. The lowest BCUT2D eigenvalue weighted by atomic mass is 10.00. The predicted octanol–water partition coefficient (Wildman–Crippen LogP) is 20.5. The van der Waals surface area contributed by atoms with Crippen molar-refractivity contribution in [2.75, 3.05) is 6.61 Å². The number of hydrogen-bond acceptors (Lipinski definition) is 5. The molecule has 1 amide bonds. The molecule has 0 aromatic rings. The van der Waals surface area contributed by atoms with Gasteiger partial charge in [-0.15, -0.1) is 0 Å². The zero-order valence-electron chi connectivity index (χ0n) is 50.1. The molecule has 0 aliphatic rings. The van der Waals surface area contributed by atoms with E-state index < -0.39 is 36.9 Å². The van der Waals surface area contributed by atoms with Crippen LogP contribution in [0.25, 0.3) is 0 Å². The number of carbonyl (C=O) groups is 1. The van der Waals surface area contributed by atoms with E-state index in [4.69, 9.17) is 0 Å². The maximum Gasteiger partial charge on any atom is 0.249 e. The average Bonchev–Trinajstić information content (AvgIpc) is 3.41. The summed E-state index contributed by atoms with van der Waals surface area (Å²) in [7, 11) is 0. The van der Waals surface area contributed by atoms with Gasteiger partial charge in [0, 0.05) is 0 Å². The summed E-state index contributed by atoms with van der Waals surface area (Å²) >= 11 is 0. The molecule has 0 bridgehead atoms. The highest BCUT2D eigenvalue weighted by Gasteiger charge is 2.28. The second kappa shape index (κ2) is 62.6. The summed E-state index contributed by atoms with van der Waals surface area (Å²) in [6, 6.07) is -1.00. The summed E-state index contributed by atoms with van der Waals surface area (Å²) in [5, 5.41) is 44.1. The molecule has 0 aliphatic heterocycles. The van der Waals surface area contributed by atoms with Crippen LogP contribution in [0.15, 0.2) is 24.3 Å². The van der Waals surface area contributed by atoms with Crippen molar-refractivity contribution in [2.45, 2.75) is 398 Å².